The van der Waals surface area contributed by atoms with Gasteiger partial charge in [0.25, 0.3) is 5.91 Å². The van der Waals surface area contributed by atoms with Crippen LogP contribution in [0.3, 0.4) is 0 Å². The van der Waals surface area contributed by atoms with Gasteiger partial charge in [-0.05, 0) is 37.1 Å². The number of hydrogen-bond donors (Lipinski definition) is 0. The van der Waals surface area contributed by atoms with Crippen LogP contribution >= 0.6 is 11.3 Å². The van der Waals surface area contributed by atoms with E-state index in [9.17, 15) is 4.79 Å². The number of nitrogens with zero attached hydrogens (tertiary/aromatic N) is 2. The smallest absolute Gasteiger partial charge is 0.260 e. The van der Waals surface area contributed by atoms with Gasteiger partial charge in [0.15, 0.2) is 18.1 Å². The number of benzene rings is 2. The fourth-order valence-corrected chi connectivity index (χ4v) is 4.53. The normalized spacial score (nSPS) is 17.1. The first-order valence-corrected chi connectivity index (χ1v) is 9.95. The summed E-state index contributed by atoms with van der Waals surface area (Å²) >= 11 is 1.74. The lowest BCUT2D eigenvalue weighted by molar-refractivity contribution is -0.134. The average Bonchev–Trinajstić information content (AvgIpc) is 3.16. The SMILES string of the molecule is COc1ccccc1OCC(=O)N1CCCC(c2nc3ccccc3s2)C1. The van der Waals surface area contributed by atoms with Gasteiger partial charge in [0, 0.05) is 19.0 Å². The molecule has 4 rings (SSSR count). The van der Waals surface area contributed by atoms with Gasteiger partial charge >= 0.3 is 0 Å². The number of carbonyl (C=O) groups is 1. The molecule has 1 unspecified atom stereocenters. The molecule has 0 radical (unpaired) electrons. The van der Waals surface area contributed by atoms with Crippen molar-refractivity contribution < 1.29 is 14.3 Å². The lowest BCUT2D eigenvalue weighted by Crippen LogP contribution is -2.41. The summed E-state index contributed by atoms with van der Waals surface area (Å²) in [4.78, 5) is 19.3. The molecule has 1 amide bonds. The van der Waals surface area contributed by atoms with E-state index >= 15 is 0 Å². The van der Waals surface area contributed by atoms with Crippen molar-refractivity contribution in [3.05, 3.63) is 53.5 Å². The van der Waals surface area contributed by atoms with Crippen molar-refractivity contribution in [3.8, 4) is 11.5 Å². The first-order chi connectivity index (χ1) is 13.2. The molecule has 0 spiro atoms. The third-order valence-corrected chi connectivity index (χ3v) is 6.05. The van der Waals surface area contributed by atoms with Gasteiger partial charge in [0.1, 0.15) is 0 Å². The fourth-order valence-electron chi connectivity index (χ4n) is 3.44. The lowest BCUT2D eigenvalue weighted by Gasteiger charge is -2.31. The maximum Gasteiger partial charge on any atom is 0.260 e. The Kier molecular flexibility index (Phi) is 5.25. The van der Waals surface area contributed by atoms with Crippen molar-refractivity contribution in [1.29, 1.82) is 0 Å². The summed E-state index contributed by atoms with van der Waals surface area (Å²) in [6.45, 7) is 1.50. The Bertz CT molecular complexity index is 907. The van der Waals surface area contributed by atoms with E-state index in [-0.39, 0.29) is 12.5 Å². The van der Waals surface area contributed by atoms with Gasteiger partial charge in [-0.1, -0.05) is 24.3 Å². The highest BCUT2D eigenvalue weighted by Crippen LogP contribution is 2.33. The van der Waals surface area contributed by atoms with Gasteiger partial charge in [-0.3, -0.25) is 4.79 Å². The molecule has 1 atom stereocenters. The monoisotopic (exact) mass is 382 g/mol. The number of ether oxygens (including phenoxy) is 2. The predicted molar refractivity (Wildman–Crippen MR) is 107 cm³/mol. The van der Waals surface area contributed by atoms with Gasteiger partial charge in [-0.15, -0.1) is 11.3 Å². The van der Waals surface area contributed by atoms with Crippen molar-refractivity contribution in [1.82, 2.24) is 9.88 Å². The van der Waals surface area contributed by atoms with Crippen molar-refractivity contribution in [2.45, 2.75) is 18.8 Å². The van der Waals surface area contributed by atoms with Crippen LogP contribution in [0.4, 0.5) is 0 Å². The zero-order chi connectivity index (χ0) is 18.6. The Morgan fingerprint density at radius 3 is 2.78 bits per heavy atom. The summed E-state index contributed by atoms with van der Waals surface area (Å²) in [6, 6.07) is 15.6. The third-order valence-electron chi connectivity index (χ3n) is 4.85. The zero-order valence-corrected chi connectivity index (χ0v) is 16.1. The van der Waals surface area contributed by atoms with Crippen molar-refractivity contribution >= 4 is 27.5 Å². The van der Waals surface area contributed by atoms with E-state index in [1.807, 2.05) is 47.4 Å². The molecule has 1 saturated heterocycles. The number of fused-ring (bicyclic) bond motifs is 1. The molecule has 6 heteroatoms. The van der Waals surface area contributed by atoms with Crippen LogP contribution in [-0.4, -0.2) is 42.6 Å². The molecule has 3 aromatic rings. The second kappa shape index (κ2) is 7.96. The molecule has 5 nitrogen and oxygen atoms in total. The Balaban J connectivity index is 1.40. The number of thiazole rings is 1. The highest BCUT2D eigenvalue weighted by atomic mass is 32.1. The van der Waals surface area contributed by atoms with Crippen LogP contribution in [0.15, 0.2) is 48.5 Å². The number of likely N-dealkylation sites (tertiary alicyclic amines) is 1. The molecule has 27 heavy (non-hydrogen) atoms. The minimum atomic E-state index is 0.00622. The van der Waals surface area contributed by atoms with Crippen LogP contribution in [0.1, 0.15) is 23.8 Å². The van der Waals surface area contributed by atoms with Gasteiger partial charge < -0.3 is 14.4 Å². The summed E-state index contributed by atoms with van der Waals surface area (Å²) in [5, 5.41) is 1.12. The molecule has 0 saturated carbocycles. The number of carbonyl (C=O) groups excluding carboxylic acids is 1. The topological polar surface area (TPSA) is 51.7 Å². The van der Waals surface area contributed by atoms with Crippen LogP contribution in [0.25, 0.3) is 10.2 Å². The molecule has 0 N–H and O–H groups in total. The summed E-state index contributed by atoms with van der Waals surface area (Å²) in [6.07, 6.45) is 2.05. The molecule has 0 aliphatic carbocycles. The van der Waals surface area contributed by atoms with E-state index in [0.29, 0.717) is 24.0 Å². The quantitative estimate of drug-likeness (QED) is 0.667. The number of methoxy groups -OCH3 is 1. The predicted octanol–water partition coefficient (Wildman–Crippen LogP) is 4.09. The Labute approximate surface area is 162 Å². The molecular weight excluding hydrogens is 360 g/mol. The largest absolute Gasteiger partial charge is 0.493 e. The standard InChI is InChI=1S/C21H22N2O3S/c1-25-17-9-3-4-10-18(17)26-14-20(24)23-12-6-7-15(13-23)21-22-16-8-2-5-11-19(16)27-21/h2-5,8-11,15H,6-7,12-14H2,1H3. The fraction of sp³-hybridized carbons (Fsp3) is 0.333. The van der Waals surface area contributed by atoms with E-state index in [0.717, 1.165) is 29.9 Å². The maximum atomic E-state index is 12.7. The molecule has 1 aliphatic heterocycles. The summed E-state index contributed by atoms with van der Waals surface area (Å²) < 4.78 is 12.2. The van der Waals surface area contributed by atoms with Crippen LogP contribution in [0.2, 0.25) is 0 Å². The van der Waals surface area contributed by atoms with Gasteiger partial charge in [0.2, 0.25) is 0 Å². The number of amides is 1. The third kappa shape index (κ3) is 3.90. The first-order valence-electron chi connectivity index (χ1n) is 9.13. The van der Waals surface area contributed by atoms with Gasteiger partial charge in [-0.2, -0.15) is 0 Å². The van der Waals surface area contributed by atoms with E-state index in [1.165, 1.54) is 4.70 Å². The van der Waals surface area contributed by atoms with Crippen LogP contribution in [-0.2, 0) is 4.79 Å². The number of aromatic nitrogens is 1. The van der Waals surface area contributed by atoms with Crippen LogP contribution in [0, 0.1) is 0 Å². The lowest BCUT2D eigenvalue weighted by atomic mass is 9.99. The molecule has 1 aliphatic rings. The molecular formula is C21H22N2O3S. The van der Waals surface area contributed by atoms with E-state index in [2.05, 4.69) is 6.07 Å². The number of piperidine rings is 1. The maximum absolute atomic E-state index is 12.7. The highest BCUT2D eigenvalue weighted by Gasteiger charge is 2.27. The van der Waals surface area contributed by atoms with Gasteiger partial charge in [-0.25, -0.2) is 4.98 Å². The van der Waals surface area contributed by atoms with E-state index < -0.39 is 0 Å². The molecule has 0 bridgehead atoms. The van der Waals surface area contributed by atoms with Crippen molar-refractivity contribution in [2.75, 3.05) is 26.8 Å². The molecule has 2 heterocycles. The minimum absolute atomic E-state index is 0.00622. The van der Waals surface area contributed by atoms with E-state index in [1.54, 1.807) is 18.4 Å². The average molecular weight is 382 g/mol. The second-order valence-corrected chi connectivity index (χ2v) is 7.70. The first kappa shape index (κ1) is 17.8. The second-order valence-electron chi connectivity index (χ2n) is 6.64. The summed E-state index contributed by atoms with van der Waals surface area (Å²) in [7, 11) is 1.59. The molecule has 2 aromatic carbocycles. The Hall–Kier alpha value is -2.60. The summed E-state index contributed by atoms with van der Waals surface area (Å²) in [5.41, 5.74) is 1.04. The van der Waals surface area contributed by atoms with Crippen molar-refractivity contribution in [2.24, 2.45) is 0 Å². The Morgan fingerprint density at radius 2 is 1.96 bits per heavy atom. The molecule has 1 fully saturated rings. The van der Waals surface area contributed by atoms with Crippen LogP contribution in [0.5, 0.6) is 11.5 Å². The Morgan fingerprint density at radius 1 is 1.19 bits per heavy atom. The number of rotatable bonds is 5. The summed E-state index contributed by atoms with van der Waals surface area (Å²) in [5.74, 6) is 1.53. The number of hydrogen-bond acceptors (Lipinski definition) is 5. The highest BCUT2D eigenvalue weighted by molar-refractivity contribution is 7.18. The van der Waals surface area contributed by atoms with E-state index in [4.69, 9.17) is 14.5 Å². The molecule has 140 valence electrons. The van der Waals surface area contributed by atoms with Crippen molar-refractivity contribution in [3.63, 3.8) is 0 Å². The van der Waals surface area contributed by atoms with Gasteiger partial charge in [0.05, 0.1) is 22.3 Å². The molecule has 1 aromatic heterocycles. The minimum Gasteiger partial charge on any atom is -0.493 e. The number of para-hydroxylation sites is 3. The van der Waals surface area contributed by atoms with Crippen LogP contribution < -0.4 is 9.47 Å². The zero-order valence-electron chi connectivity index (χ0n) is 15.3.